The Morgan fingerprint density at radius 1 is 1.30 bits per heavy atom. The topological polar surface area (TPSA) is 55.4 Å². The average Bonchev–Trinajstić information content (AvgIpc) is 2.30. The van der Waals surface area contributed by atoms with Crippen molar-refractivity contribution >= 4 is 23.5 Å². The first-order valence-corrected chi connectivity index (χ1v) is 6.78. The van der Waals surface area contributed by atoms with Crippen molar-refractivity contribution in [3.05, 3.63) is 34.3 Å². The van der Waals surface area contributed by atoms with E-state index in [0.717, 1.165) is 0 Å². The Balaban J connectivity index is 2.76. The first-order chi connectivity index (χ1) is 9.11. The third-order valence-corrected chi connectivity index (χ3v) is 3.03. The Morgan fingerprint density at radius 3 is 2.45 bits per heavy atom. The van der Waals surface area contributed by atoms with Gasteiger partial charge in [0.2, 0.25) is 0 Å². The highest BCUT2D eigenvalue weighted by atomic mass is 35.5. The van der Waals surface area contributed by atoms with E-state index in [4.69, 9.17) is 16.3 Å². The van der Waals surface area contributed by atoms with Gasteiger partial charge >= 0.3 is 5.97 Å². The Bertz CT molecular complexity index is 520. The zero-order valence-electron chi connectivity index (χ0n) is 12.4. The van der Waals surface area contributed by atoms with E-state index in [0.29, 0.717) is 16.1 Å². The lowest BCUT2D eigenvalue weighted by Crippen LogP contribution is -2.42. The molecule has 0 aliphatic rings. The summed E-state index contributed by atoms with van der Waals surface area (Å²) in [5.41, 5.74) is 0.554. The highest BCUT2D eigenvalue weighted by molar-refractivity contribution is 6.31. The summed E-state index contributed by atoms with van der Waals surface area (Å²) in [5, 5.41) is 3.13. The smallest absolute Gasteiger partial charge is 0.328 e. The number of hydrogen-bond acceptors (Lipinski definition) is 3. The molecule has 110 valence electrons. The van der Waals surface area contributed by atoms with Crippen LogP contribution in [0.2, 0.25) is 5.02 Å². The van der Waals surface area contributed by atoms with Crippen LogP contribution < -0.4 is 5.32 Å². The summed E-state index contributed by atoms with van der Waals surface area (Å²) in [6, 6.07) is 4.35. The molecule has 1 aromatic carbocycles. The van der Waals surface area contributed by atoms with Gasteiger partial charge in [0.15, 0.2) is 0 Å². The van der Waals surface area contributed by atoms with Gasteiger partial charge in [-0.3, -0.25) is 4.79 Å². The van der Waals surface area contributed by atoms with E-state index < -0.39 is 17.6 Å². The summed E-state index contributed by atoms with van der Waals surface area (Å²) in [6.45, 7) is 8.68. The van der Waals surface area contributed by atoms with Crippen molar-refractivity contribution in [2.75, 3.05) is 0 Å². The van der Waals surface area contributed by atoms with Crippen LogP contribution in [0.1, 0.15) is 43.6 Å². The van der Waals surface area contributed by atoms with Gasteiger partial charge in [0.1, 0.15) is 11.6 Å². The second kappa shape index (κ2) is 6.27. The number of benzene rings is 1. The molecule has 0 unspecified atom stereocenters. The van der Waals surface area contributed by atoms with Crippen molar-refractivity contribution in [3.8, 4) is 0 Å². The summed E-state index contributed by atoms with van der Waals surface area (Å²) in [5.74, 6) is -0.811. The van der Waals surface area contributed by atoms with Gasteiger partial charge < -0.3 is 10.1 Å². The van der Waals surface area contributed by atoms with Gasteiger partial charge in [0, 0.05) is 10.6 Å². The van der Waals surface area contributed by atoms with Gasteiger partial charge in [-0.05, 0) is 52.3 Å². The van der Waals surface area contributed by atoms with E-state index >= 15 is 0 Å². The van der Waals surface area contributed by atoms with Crippen LogP contribution in [0.4, 0.5) is 0 Å². The zero-order valence-corrected chi connectivity index (χ0v) is 13.2. The minimum absolute atomic E-state index is 0.344. The molecule has 1 N–H and O–H groups in total. The van der Waals surface area contributed by atoms with Crippen LogP contribution in [-0.4, -0.2) is 23.5 Å². The number of nitrogens with one attached hydrogen (secondary N) is 1. The van der Waals surface area contributed by atoms with Crippen molar-refractivity contribution in [3.63, 3.8) is 0 Å². The summed E-state index contributed by atoms with van der Waals surface area (Å²) in [6.07, 6.45) is 0. The number of ether oxygens (including phenoxy) is 1. The maximum absolute atomic E-state index is 12.1. The van der Waals surface area contributed by atoms with Gasteiger partial charge in [-0.1, -0.05) is 17.7 Å². The quantitative estimate of drug-likeness (QED) is 0.872. The Morgan fingerprint density at radius 2 is 1.90 bits per heavy atom. The molecule has 0 aliphatic heterocycles. The van der Waals surface area contributed by atoms with Gasteiger partial charge in [-0.15, -0.1) is 0 Å². The standard InChI is InChI=1S/C15H20ClNO3/c1-9-11(7-6-8-12(9)16)13(18)17-10(2)14(19)20-15(3,4)5/h6-8,10H,1-5H3,(H,17,18)/t10-/m0/s1. The number of rotatable bonds is 3. The second-order valence-corrected chi connectivity index (χ2v) is 6.05. The number of halogens is 1. The van der Waals surface area contributed by atoms with Gasteiger partial charge in [-0.2, -0.15) is 0 Å². The Labute approximate surface area is 124 Å². The summed E-state index contributed by atoms with van der Waals surface area (Å²) >= 11 is 5.97. The predicted molar refractivity (Wildman–Crippen MR) is 79.0 cm³/mol. The fourth-order valence-corrected chi connectivity index (χ4v) is 1.75. The average molecular weight is 298 g/mol. The molecule has 0 aromatic heterocycles. The molecule has 0 saturated carbocycles. The van der Waals surface area contributed by atoms with E-state index in [1.807, 2.05) is 0 Å². The number of carbonyl (C=O) groups is 2. The van der Waals surface area contributed by atoms with Crippen molar-refractivity contribution in [1.29, 1.82) is 0 Å². The predicted octanol–water partition coefficient (Wildman–Crippen LogP) is 3.11. The number of esters is 1. The lowest BCUT2D eigenvalue weighted by molar-refractivity contribution is -0.156. The molecule has 0 aliphatic carbocycles. The monoisotopic (exact) mass is 297 g/mol. The summed E-state index contributed by atoms with van der Waals surface area (Å²) < 4.78 is 5.21. The molecule has 20 heavy (non-hydrogen) atoms. The minimum Gasteiger partial charge on any atom is -0.458 e. The van der Waals surface area contributed by atoms with Crippen LogP contribution in [0.25, 0.3) is 0 Å². The zero-order chi connectivity index (χ0) is 15.5. The molecular formula is C15H20ClNO3. The Kier molecular flexibility index (Phi) is 5.17. The molecule has 1 atom stereocenters. The normalized spacial score (nSPS) is 12.7. The largest absolute Gasteiger partial charge is 0.458 e. The van der Waals surface area contributed by atoms with Gasteiger partial charge in [0.05, 0.1) is 0 Å². The number of amides is 1. The maximum Gasteiger partial charge on any atom is 0.328 e. The molecule has 1 rings (SSSR count). The molecule has 0 bridgehead atoms. The fourth-order valence-electron chi connectivity index (χ4n) is 1.58. The molecule has 1 aromatic rings. The van der Waals surface area contributed by atoms with Crippen molar-refractivity contribution in [2.45, 2.75) is 46.3 Å². The minimum atomic E-state index is -0.722. The maximum atomic E-state index is 12.1. The van der Waals surface area contributed by atoms with E-state index in [1.165, 1.54) is 0 Å². The van der Waals surface area contributed by atoms with Crippen LogP contribution in [0.3, 0.4) is 0 Å². The molecular weight excluding hydrogens is 278 g/mol. The van der Waals surface area contributed by atoms with E-state index in [-0.39, 0.29) is 5.91 Å². The molecule has 0 heterocycles. The molecule has 0 fully saturated rings. The molecule has 1 amide bonds. The van der Waals surface area contributed by atoms with Gasteiger partial charge in [0.25, 0.3) is 5.91 Å². The van der Waals surface area contributed by atoms with Crippen LogP contribution in [0, 0.1) is 6.92 Å². The van der Waals surface area contributed by atoms with Crippen LogP contribution >= 0.6 is 11.6 Å². The molecule has 0 spiro atoms. The SMILES string of the molecule is Cc1c(Cl)cccc1C(=O)N[C@@H](C)C(=O)OC(C)(C)C. The third-order valence-electron chi connectivity index (χ3n) is 2.62. The summed E-state index contributed by atoms with van der Waals surface area (Å²) in [7, 11) is 0. The lowest BCUT2D eigenvalue weighted by Gasteiger charge is -2.22. The molecule has 5 heteroatoms. The number of hydrogen-bond donors (Lipinski definition) is 1. The van der Waals surface area contributed by atoms with E-state index in [1.54, 1.807) is 52.8 Å². The van der Waals surface area contributed by atoms with E-state index in [9.17, 15) is 9.59 Å². The van der Waals surface area contributed by atoms with Gasteiger partial charge in [-0.25, -0.2) is 4.79 Å². The van der Waals surface area contributed by atoms with Crippen LogP contribution in [0.5, 0.6) is 0 Å². The second-order valence-electron chi connectivity index (χ2n) is 5.64. The Hall–Kier alpha value is -1.55. The highest BCUT2D eigenvalue weighted by Crippen LogP contribution is 2.18. The molecule has 4 nitrogen and oxygen atoms in total. The van der Waals surface area contributed by atoms with Crippen molar-refractivity contribution < 1.29 is 14.3 Å². The van der Waals surface area contributed by atoms with Crippen LogP contribution in [-0.2, 0) is 9.53 Å². The molecule has 0 radical (unpaired) electrons. The molecule has 0 saturated heterocycles. The van der Waals surface area contributed by atoms with Crippen molar-refractivity contribution in [2.24, 2.45) is 0 Å². The lowest BCUT2D eigenvalue weighted by atomic mass is 10.1. The first-order valence-electron chi connectivity index (χ1n) is 6.40. The van der Waals surface area contributed by atoms with E-state index in [2.05, 4.69) is 5.32 Å². The summed E-state index contributed by atoms with van der Waals surface area (Å²) in [4.78, 5) is 23.9. The van der Waals surface area contributed by atoms with Crippen LogP contribution in [0.15, 0.2) is 18.2 Å². The third kappa shape index (κ3) is 4.53. The number of carbonyl (C=O) groups excluding carboxylic acids is 2. The highest BCUT2D eigenvalue weighted by Gasteiger charge is 2.23. The first kappa shape index (κ1) is 16.5. The fraction of sp³-hybridized carbons (Fsp3) is 0.467. The van der Waals surface area contributed by atoms with Crippen molar-refractivity contribution in [1.82, 2.24) is 5.32 Å².